The first-order valence-corrected chi connectivity index (χ1v) is 10.4. The molecule has 0 unspecified atom stereocenters. The van der Waals surface area contributed by atoms with Gasteiger partial charge in [-0.2, -0.15) is 0 Å². The van der Waals surface area contributed by atoms with Crippen molar-refractivity contribution in [1.82, 2.24) is 0 Å². The van der Waals surface area contributed by atoms with Crippen LogP contribution in [-0.2, 0) is 20.4 Å². The average molecular weight is 458 g/mol. The quantitative estimate of drug-likeness (QED) is 0.525. The molecular formula is C21H25NO8S. The van der Waals surface area contributed by atoms with E-state index in [0.717, 1.165) is 11.5 Å². The third kappa shape index (κ3) is 6.54. The van der Waals surface area contributed by atoms with Crippen LogP contribution in [0.15, 0.2) is 35.7 Å². The highest BCUT2D eigenvalue weighted by atomic mass is 32.2. The third-order valence-electron chi connectivity index (χ3n) is 4.04. The van der Waals surface area contributed by atoms with E-state index in [1.807, 2.05) is 0 Å². The van der Waals surface area contributed by atoms with Crippen molar-refractivity contribution >= 4 is 27.6 Å². The summed E-state index contributed by atoms with van der Waals surface area (Å²) < 4.78 is 89.7. The van der Waals surface area contributed by atoms with Crippen LogP contribution in [0.1, 0.15) is 19.4 Å². The van der Waals surface area contributed by atoms with Crippen molar-refractivity contribution in [3.63, 3.8) is 0 Å². The molecule has 0 aliphatic carbocycles. The summed E-state index contributed by atoms with van der Waals surface area (Å²) in [5, 5.41) is 12.2. The summed E-state index contributed by atoms with van der Waals surface area (Å²) in [7, 11) is -6.99. The number of carboxylic acids is 1. The Morgan fingerprint density at radius 2 is 1.74 bits per heavy atom. The molecule has 2 rings (SSSR count). The summed E-state index contributed by atoms with van der Waals surface area (Å²) in [5.41, 5.74) is 0.199. The van der Waals surface area contributed by atoms with Crippen molar-refractivity contribution in [1.29, 1.82) is 0 Å². The van der Waals surface area contributed by atoms with Crippen molar-refractivity contribution in [2.75, 3.05) is 40.2 Å². The predicted octanol–water partition coefficient (Wildman–Crippen LogP) is 2.80. The molecule has 10 heteroatoms. The first-order valence-electron chi connectivity index (χ1n) is 11.7. The van der Waals surface area contributed by atoms with E-state index in [2.05, 4.69) is 5.32 Å². The summed E-state index contributed by atoms with van der Waals surface area (Å²) in [5.74, 6) is -1.87. The molecule has 2 aromatic carbocycles. The van der Waals surface area contributed by atoms with Gasteiger partial charge in [0.2, 0.25) is 0 Å². The van der Waals surface area contributed by atoms with Gasteiger partial charge >= 0.3 is 5.97 Å². The smallest absolute Gasteiger partial charge is 0.322 e. The molecule has 0 aliphatic rings. The Kier molecular flexibility index (Phi) is 5.57. The highest BCUT2D eigenvalue weighted by Gasteiger charge is 2.15. The highest BCUT2D eigenvalue weighted by Crippen LogP contribution is 2.35. The van der Waals surface area contributed by atoms with Crippen LogP contribution in [0.4, 0.5) is 5.69 Å². The number of hydrogen-bond donors (Lipinski definition) is 2. The van der Waals surface area contributed by atoms with E-state index in [4.69, 9.17) is 32.3 Å². The molecule has 0 saturated heterocycles. The fourth-order valence-electron chi connectivity index (χ4n) is 2.63. The number of sulfone groups is 1. The molecule has 0 aliphatic heterocycles. The molecule has 0 amide bonds. The van der Waals surface area contributed by atoms with Crippen LogP contribution in [0.25, 0.3) is 6.08 Å². The molecule has 9 nitrogen and oxygen atoms in total. The molecule has 0 saturated carbocycles. The first-order chi connectivity index (χ1) is 17.0. The normalized spacial score (nSPS) is 14.9. The van der Waals surface area contributed by atoms with E-state index in [1.165, 1.54) is 44.6 Å². The van der Waals surface area contributed by atoms with Crippen LogP contribution in [-0.4, -0.2) is 54.3 Å². The summed E-state index contributed by atoms with van der Waals surface area (Å²) in [6.45, 7) is -0.572. The zero-order valence-corrected chi connectivity index (χ0v) is 17.5. The second-order valence-electron chi connectivity index (χ2n) is 6.13. The van der Waals surface area contributed by atoms with Gasteiger partial charge in [-0.05, 0) is 23.8 Å². The van der Waals surface area contributed by atoms with Gasteiger partial charge in [-0.1, -0.05) is 6.07 Å². The van der Waals surface area contributed by atoms with Gasteiger partial charge in [0.1, 0.15) is 29.5 Å². The van der Waals surface area contributed by atoms with Gasteiger partial charge < -0.3 is 29.4 Å². The number of anilines is 1. The van der Waals surface area contributed by atoms with E-state index in [-0.39, 0.29) is 39.8 Å². The number of rotatable bonds is 11. The van der Waals surface area contributed by atoms with Gasteiger partial charge in [0.15, 0.2) is 9.84 Å². The monoisotopic (exact) mass is 457 g/mol. The van der Waals surface area contributed by atoms with Gasteiger partial charge in [-0.25, -0.2) is 8.42 Å². The molecule has 2 aromatic rings. The fourth-order valence-corrected chi connectivity index (χ4v) is 3.71. The molecular weight excluding hydrogens is 426 g/mol. The Morgan fingerprint density at radius 1 is 1.06 bits per heavy atom. The summed E-state index contributed by atoms with van der Waals surface area (Å²) in [4.78, 5) is 10.9. The second-order valence-corrected chi connectivity index (χ2v) is 8.02. The number of nitrogens with one attached hydrogen (secondary N) is 1. The maximum Gasteiger partial charge on any atom is 0.322 e. The standard InChI is InChI=1S/C21H25NO8S/c1-27-15-10-19(29-3)16(20(11-15)30-4)7-8-31(25,26)13-14-5-6-18(28-2)17(9-14)22-12-21(23)24/h5-11,22H,12-13H2,1-4H3,(H,23,24)/b8-7+/i2D3,3D3. The van der Waals surface area contributed by atoms with Gasteiger partial charge in [0.05, 0.1) is 53.5 Å². The number of ether oxygens (including phenoxy) is 4. The Balaban J connectivity index is 2.41. The lowest BCUT2D eigenvalue weighted by Gasteiger charge is -2.13. The number of aliphatic carboxylic acids is 1. The van der Waals surface area contributed by atoms with Crippen molar-refractivity contribution in [2.24, 2.45) is 0 Å². The van der Waals surface area contributed by atoms with Gasteiger partial charge in [-0.3, -0.25) is 4.79 Å². The number of methoxy groups -OCH3 is 4. The van der Waals surface area contributed by atoms with Crippen molar-refractivity contribution in [2.45, 2.75) is 5.75 Å². The van der Waals surface area contributed by atoms with Crippen LogP contribution < -0.4 is 24.3 Å². The van der Waals surface area contributed by atoms with Crippen LogP contribution in [0.2, 0.25) is 0 Å². The molecule has 0 spiro atoms. The zero-order valence-electron chi connectivity index (χ0n) is 22.7. The van der Waals surface area contributed by atoms with Gasteiger partial charge in [0.25, 0.3) is 0 Å². The molecule has 2 N–H and O–H groups in total. The Bertz CT molecular complexity index is 1260. The molecule has 0 heterocycles. The largest absolute Gasteiger partial charge is 0.496 e. The minimum Gasteiger partial charge on any atom is -0.496 e. The van der Waals surface area contributed by atoms with Gasteiger partial charge in [0, 0.05) is 17.5 Å². The lowest BCUT2D eigenvalue weighted by atomic mass is 10.1. The maximum atomic E-state index is 12.8. The zero-order chi connectivity index (χ0) is 28.0. The molecule has 0 bridgehead atoms. The Labute approximate surface area is 189 Å². The number of hydrogen-bond acceptors (Lipinski definition) is 8. The van der Waals surface area contributed by atoms with Crippen LogP contribution in [0.5, 0.6) is 23.0 Å². The van der Waals surface area contributed by atoms with Gasteiger partial charge in [-0.15, -0.1) is 0 Å². The van der Waals surface area contributed by atoms with E-state index >= 15 is 0 Å². The Morgan fingerprint density at radius 3 is 2.35 bits per heavy atom. The summed E-state index contributed by atoms with van der Waals surface area (Å²) in [6, 6.07) is 6.47. The number of carbonyl (C=O) groups is 1. The predicted molar refractivity (Wildman–Crippen MR) is 117 cm³/mol. The van der Waals surface area contributed by atoms with Crippen LogP contribution in [0.3, 0.4) is 0 Å². The fraction of sp³-hybridized carbons (Fsp3) is 0.286. The minimum atomic E-state index is -3.99. The molecule has 31 heavy (non-hydrogen) atoms. The summed E-state index contributed by atoms with van der Waals surface area (Å²) >= 11 is 0. The number of carboxylic acid groups (broad SMARTS) is 1. The van der Waals surface area contributed by atoms with Crippen LogP contribution >= 0.6 is 0 Å². The van der Waals surface area contributed by atoms with E-state index in [9.17, 15) is 13.2 Å². The third-order valence-corrected chi connectivity index (χ3v) is 5.32. The van der Waals surface area contributed by atoms with Crippen molar-refractivity contribution in [3.8, 4) is 23.0 Å². The van der Waals surface area contributed by atoms with E-state index in [1.54, 1.807) is 0 Å². The lowest BCUT2D eigenvalue weighted by Crippen LogP contribution is -2.13. The number of benzene rings is 2. The van der Waals surface area contributed by atoms with Crippen molar-refractivity contribution < 1.29 is 45.5 Å². The summed E-state index contributed by atoms with van der Waals surface area (Å²) in [6.07, 6.45) is 1.12. The SMILES string of the molecule is [2H]C([2H])([2H])Oc1ccc(CS(=O)(=O)/C=C/c2c(OC)cc(OC)cc2OC([2H])([2H])[2H])cc1NCC(=O)O. The topological polar surface area (TPSA) is 120 Å². The average Bonchev–Trinajstić information content (AvgIpc) is 2.75. The lowest BCUT2D eigenvalue weighted by molar-refractivity contribution is -0.134. The first kappa shape index (κ1) is 16.3. The second kappa shape index (κ2) is 10.6. The molecule has 0 aromatic heterocycles. The van der Waals surface area contributed by atoms with E-state index < -0.39 is 42.2 Å². The molecule has 0 atom stereocenters. The minimum absolute atomic E-state index is 0.0274. The molecule has 0 fully saturated rings. The Hall–Kier alpha value is -3.40. The van der Waals surface area contributed by atoms with Crippen LogP contribution in [0, 0.1) is 0 Å². The maximum absolute atomic E-state index is 12.8. The molecule has 168 valence electrons. The van der Waals surface area contributed by atoms with Crippen molar-refractivity contribution in [3.05, 3.63) is 46.9 Å². The highest BCUT2D eigenvalue weighted by molar-refractivity contribution is 7.93. The molecule has 0 radical (unpaired) electrons. The van der Waals surface area contributed by atoms with E-state index in [0.29, 0.717) is 0 Å².